The van der Waals surface area contributed by atoms with Crippen molar-refractivity contribution >= 4 is 11.9 Å². The van der Waals surface area contributed by atoms with E-state index in [0.717, 1.165) is 17.5 Å². The van der Waals surface area contributed by atoms with Gasteiger partial charge in [-0.1, -0.05) is 26.8 Å². The van der Waals surface area contributed by atoms with Crippen LogP contribution in [-0.2, 0) is 20.7 Å². The van der Waals surface area contributed by atoms with Gasteiger partial charge in [0.1, 0.15) is 6.54 Å². The SMILES string of the molecule is CCc1cc(C(=O)N(CC(=O)OCCCOC)C(C)C)cc(C(C)C)c1. The first-order valence-corrected chi connectivity index (χ1v) is 9.39. The third-order valence-electron chi connectivity index (χ3n) is 4.28. The van der Waals surface area contributed by atoms with E-state index < -0.39 is 0 Å². The lowest BCUT2D eigenvalue weighted by Crippen LogP contribution is -2.41. The molecule has 0 aromatic heterocycles. The van der Waals surface area contributed by atoms with E-state index in [0.29, 0.717) is 31.1 Å². The number of nitrogens with zero attached hydrogens (tertiary/aromatic N) is 1. The smallest absolute Gasteiger partial charge is 0.325 e. The lowest BCUT2D eigenvalue weighted by Gasteiger charge is -2.26. The molecule has 0 aliphatic carbocycles. The zero-order valence-electron chi connectivity index (χ0n) is 17.0. The van der Waals surface area contributed by atoms with E-state index in [4.69, 9.17) is 9.47 Å². The zero-order valence-corrected chi connectivity index (χ0v) is 17.0. The maximum atomic E-state index is 13.0. The van der Waals surface area contributed by atoms with Gasteiger partial charge in [0.05, 0.1) is 6.61 Å². The Kier molecular flexibility index (Phi) is 9.35. The van der Waals surface area contributed by atoms with Crippen LogP contribution in [0.4, 0.5) is 0 Å². The van der Waals surface area contributed by atoms with Crippen LogP contribution in [0.2, 0.25) is 0 Å². The molecule has 0 aliphatic heterocycles. The van der Waals surface area contributed by atoms with Gasteiger partial charge in [0.2, 0.25) is 0 Å². The highest BCUT2D eigenvalue weighted by molar-refractivity contribution is 5.96. The predicted octanol–water partition coefficient (Wildman–Crippen LogP) is 3.80. The Balaban J connectivity index is 2.91. The molecule has 0 radical (unpaired) electrons. The number of aryl methyl sites for hydroxylation is 1. The predicted molar refractivity (Wildman–Crippen MR) is 104 cm³/mol. The summed E-state index contributed by atoms with van der Waals surface area (Å²) in [7, 11) is 1.61. The average molecular weight is 363 g/mol. The molecule has 146 valence electrons. The van der Waals surface area contributed by atoms with Crippen LogP contribution in [0.25, 0.3) is 0 Å². The summed E-state index contributed by atoms with van der Waals surface area (Å²) in [5.41, 5.74) is 2.90. The third kappa shape index (κ3) is 6.79. The van der Waals surface area contributed by atoms with E-state index in [1.54, 1.807) is 12.0 Å². The second kappa shape index (κ2) is 11.0. The van der Waals surface area contributed by atoms with Crippen molar-refractivity contribution in [2.75, 3.05) is 26.9 Å². The average Bonchev–Trinajstić information content (AvgIpc) is 2.61. The lowest BCUT2D eigenvalue weighted by molar-refractivity contribution is -0.145. The first kappa shape index (κ1) is 22.2. The van der Waals surface area contributed by atoms with Crippen LogP contribution in [0.15, 0.2) is 18.2 Å². The Morgan fingerprint density at radius 2 is 1.77 bits per heavy atom. The van der Waals surface area contributed by atoms with E-state index in [2.05, 4.69) is 26.8 Å². The van der Waals surface area contributed by atoms with Crippen molar-refractivity contribution in [3.8, 4) is 0 Å². The highest BCUT2D eigenvalue weighted by Crippen LogP contribution is 2.21. The van der Waals surface area contributed by atoms with Crippen LogP contribution in [0.1, 0.15) is 68.4 Å². The van der Waals surface area contributed by atoms with Crippen LogP contribution >= 0.6 is 0 Å². The van der Waals surface area contributed by atoms with Crippen LogP contribution in [0.5, 0.6) is 0 Å². The molecule has 0 aliphatic rings. The summed E-state index contributed by atoms with van der Waals surface area (Å²) >= 11 is 0. The summed E-state index contributed by atoms with van der Waals surface area (Å²) < 4.78 is 10.1. The van der Waals surface area contributed by atoms with Crippen molar-refractivity contribution in [3.05, 3.63) is 34.9 Å². The van der Waals surface area contributed by atoms with Gasteiger partial charge in [-0.05, 0) is 49.4 Å². The Bertz CT molecular complexity index is 596. The van der Waals surface area contributed by atoms with E-state index >= 15 is 0 Å². The summed E-state index contributed by atoms with van der Waals surface area (Å²) in [6.45, 7) is 10.9. The molecule has 5 heteroatoms. The normalized spacial score (nSPS) is 11.1. The van der Waals surface area contributed by atoms with Crippen LogP contribution in [0, 0.1) is 0 Å². The molecule has 0 saturated carbocycles. The van der Waals surface area contributed by atoms with E-state index in [9.17, 15) is 9.59 Å². The minimum Gasteiger partial charge on any atom is -0.464 e. The van der Waals surface area contributed by atoms with Crippen molar-refractivity contribution in [1.29, 1.82) is 0 Å². The number of rotatable bonds is 10. The maximum Gasteiger partial charge on any atom is 0.325 e. The monoisotopic (exact) mass is 363 g/mol. The van der Waals surface area contributed by atoms with Crippen LogP contribution in [0.3, 0.4) is 0 Å². The molecule has 1 rings (SSSR count). The highest BCUT2D eigenvalue weighted by atomic mass is 16.5. The summed E-state index contributed by atoms with van der Waals surface area (Å²) in [5.74, 6) is -0.184. The molecule has 0 bridgehead atoms. The Morgan fingerprint density at radius 3 is 2.31 bits per heavy atom. The number of benzene rings is 1. The minimum absolute atomic E-state index is 0.0448. The van der Waals surface area contributed by atoms with Crippen LogP contribution in [-0.4, -0.2) is 49.7 Å². The number of hydrogen-bond donors (Lipinski definition) is 0. The minimum atomic E-state index is -0.390. The number of amides is 1. The maximum absolute atomic E-state index is 13.0. The zero-order chi connectivity index (χ0) is 19.7. The summed E-state index contributed by atoms with van der Waals surface area (Å²) in [4.78, 5) is 26.7. The number of carbonyl (C=O) groups is 2. The molecule has 1 aromatic rings. The number of methoxy groups -OCH3 is 1. The van der Waals surface area contributed by atoms with E-state index in [-0.39, 0.29) is 24.5 Å². The Hall–Kier alpha value is -1.88. The number of hydrogen-bond acceptors (Lipinski definition) is 4. The van der Waals surface area contributed by atoms with Crippen molar-refractivity contribution in [2.24, 2.45) is 0 Å². The van der Waals surface area contributed by atoms with Gasteiger partial charge in [0.25, 0.3) is 5.91 Å². The Labute approximate surface area is 157 Å². The molecular formula is C21H33NO4. The molecule has 0 atom stereocenters. The van der Waals surface area contributed by atoms with E-state index in [1.807, 2.05) is 26.0 Å². The van der Waals surface area contributed by atoms with Gasteiger partial charge in [0.15, 0.2) is 0 Å². The lowest BCUT2D eigenvalue weighted by atomic mass is 9.96. The second-order valence-corrected chi connectivity index (χ2v) is 7.07. The first-order valence-electron chi connectivity index (χ1n) is 9.39. The quantitative estimate of drug-likeness (QED) is 0.469. The molecule has 0 saturated heterocycles. The molecular weight excluding hydrogens is 330 g/mol. The van der Waals surface area contributed by atoms with Gasteiger partial charge in [-0.25, -0.2) is 0 Å². The third-order valence-corrected chi connectivity index (χ3v) is 4.28. The first-order chi connectivity index (χ1) is 12.3. The highest BCUT2D eigenvalue weighted by Gasteiger charge is 2.23. The molecule has 0 fully saturated rings. The molecule has 26 heavy (non-hydrogen) atoms. The summed E-state index contributed by atoms with van der Waals surface area (Å²) in [6, 6.07) is 5.91. The molecule has 0 unspecified atom stereocenters. The van der Waals surface area contributed by atoms with Crippen molar-refractivity contribution in [2.45, 2.75) is 59.4 Å². The number of carbonyl (C=O) groups excluding carboxylic acids is 2. The molecule has 0 heterocycles. The molecule has 1 amide bonds. The van der Waals surface area contributed by atoms with Gasteiger partial charge >= 0.3 is 5.97 Å². The molecule has 0 N–H and O–H groups in total. The Morgan fingerprint density at radius 1 is 1.08 bits per heavy atom. The van der Waals surface area contributed by atoms with Crippen molar-refractivity contribution < 1.29 is 19.1 Å². The van der Waals surface area contributed by atoms with Crippen LogP contribution < -0.4 is 0 Å². The number of esters is 1. The van der Waals surface area contributed by atoms with Gasteiger partial charge in [-0.15, -0.1) is 0 Å². The fourth-order valence-corrected chi connectivity index (χ4v) is 2.61. The topological polar surface area (TPSA) is 55.8 Å². The fraction of sp³-hybridized carbons (Fsp3) is 0.619. The van der Waals surface area contributed by atoms with Crippen molar-refractivity contribution in [1.82, 2.24) is 4.90 Å². The van der Waals surface area contributed by atoms with Gasteiger partial charge < -0.3 is 14.4 Å². The fourth-order valence-electron chi connectivity index (χ4n) is 2.61. The summed E-state index contributed by atoms with van der Waals surface area (Å²) in [6.07, 6.45) is 1.51. The largest absolute Gasteiger partial charge is 0.464 e. The molecule has 5 nitrogen and oxygen atoms in total. The molecule has 1 aromatic carbocycles. The van der Waals surface area contributed by atoms with Crippen molar-refractivity contribution in [3.63, 3.8) is 0 Å². The van der Waals surface area contributed by atoms with Gasteiger partial charge in [-0.2, -0.15) is 0 Å². The van der Waals surface area contributed by atoms with Gasteiger partial charge in [0, 0.05) is 31.7 Å². The van der Waals surface area contributed by atoms with E-state index in [1.165, 1.54) is 0 Å². The summed E-state index contributed by atoms with van der Waals surface area (Å²) in [5, 5.41) is 0. The molecule has 0 spiro atoms. The van der Waals surface area contributed by atoms with Gasteiger partial charge in [-0.3, -0.25) is 9.59 Å². The second-order valence-electron chi connectivity index (χ2n) is 7.07. The standard InChI is InChI=1S/C21H33NO4/c1-7-17-11-18(15(2)3)13-19(12-17)21(24)22(16(4)5)14-20(23)26-10-8-9-25-6/h11-13,15-16H,7-10,14H2,1-6H3. The number of ether oxygens (including phenoxy) is 2.